The molecule has 2 N–H and O–H groups in total. The zero-order valence-corrected chi connectivity index (χ0v) is 9.91. The van der Waals surface area contributed by atoms with E-state index in [9.17, 15) is 4.79 Å². The third kappa shape index (κ3) is 2.68. The van der Waals surface area contributed by atoms with E-state index < -0.39 is 0 Å². The number of aromatic amines is 1. The smallest absolute Gasteiger partial charge is 0.254 e. The Labute approximate surface area is 94.5 Å². The summed E-state index contributed by atoms with van der Waals surface area (Å²) in [4.78, 5) is 18.7. The average Bonchev–Trinajstić information content (AvgIpc) is 2.25. The average molecular weight is 226 g/mol. The highest BCUT2D eigenvalue weighted by molar-refractivity contribution is 5.17. The normalized spacial score (nSPS) is 12.8. The van der Waals surface area contributed by atoms with Crippen LogP contribution in [-0.4, -0.2) is 28.8 Å². The van der Waals surface area contributed by atoms with Gasteiger partial charge < -0.3 is 14.8 Å². The van der Waals surface area contributed by atoms with Crippen molar-refractivity contribution in [1.82, 2.24) is 9.97 Å². The maximum atomic E-state index is 11.7. The monoisotopic (exact) mass is 226 g/mol. The second-order valence-electron chi connectivity index (χ2n) is 3.62. The van der Waals surface area contributed by atoms with Gasteiger partial charge in [0.2, 0.25) is 0 Å². The number of ether oxygens (including phenoxy) is 1. The topological polar surface area (TPSA) is 75.2 Å². The second-order valence-corrected chi connectivity index (χ2v) is 3.62. The van der Waals surface area contributed by atoms with Crippen molar-refractivity contribution in [3.8, 4) is 0 Å². The van der Waals surface area contributed by atoms with Crippen LogP contribution < -0.4 is 5.56 Å². The summed E-state index contributed by atoms with van der Waals surface area (Å²) in [5.74, 6) is 0.550. The molecule has 0 bridgehead atoms. The quantitative estimate of drug-likeness (QED) is 0.775. The first kappa shape index (κ1) is 12.9. The molecule has 0 aliphatic carbocycles. The van der Waals surface area contributed by atoms with Gasteiger partial charge in [-0.3, -0.25) is 4.79 Å². The number of nitrogens with zero attached hydrogens (tertiary/aromatic N) is 1. The molecule has 1 aromatic rings. The third-order valence-corrected chi connectivity index (χ3v) is 2.56. The zero-order valence-electron chi connectivity index (χ0n) is 9.91. The molecule has 5 heteroatoms. The largest absolute Gasteiger partial charge is 0.396 e. The van der Waals surface area contributed by atoms with Crippen LogP contribution >= 0.6 is 0 Å². The lowest BCUT2D eigenvalue weighted by Gasteiger charge is -2.13. The first-order valence-corrected chi connectivity index (χ1v) is 5.37. The lowest BCUT2D eigenvalue weighted by molar-refractivity contribution is 0.0921. The van der Waals surface area contributed by atoms with E-state index in [1.807, 2.05) is 6.92 Å². The van der Waals surface area contributed by atoms with Crippen LogP contribution in [0.3, 0.4) is 0 Å². The fourth-order valence-electron chi connectivity index (χ4n) is 1.66. The van der Waals surface area contributed by atoms with E-state index in [1.54, 1.807) is 14.0 Å². The number of hydrogen-bond acceptors (Lipinski definition) is 4. The van der Waals surface area contributed by atoms with E-state index in [0.29, 0.717) is 23.5 Å². The molecule has 0 fully saturated rings. The van der Waals surface area contributed by atoms with Crippen LogP contribution in [0.25, 0.3) is 0 Å². The summed E-state index contributed by atoms with van der Waals surface area (Å²) < 4.78 is 5.21. The number of aromatic nitrogens is 2. The number of hydrogen-bond donors (Lipinski definition) is 2. The second kappa shape index (κ2) is 5.77. The number of rotatable bonds is 5. The van der Waals surface area contributed by atoms with Gasteiger partial charge >= 0.3 is 0 Å². The highest BCUT2D eigenvalue weighted by atomic mass is 16.5. The van der Waals surface area contributed by atoms with Crippen molar-refractivity contribution in [3.05, 3.63) is 27.4 Å². The molecule has 16 heavy (non-hydrogen) atoms. The van der Waals surface area contributed by atoms with Crippen LogP contribution in [0.1, 0.15) is 36.5 Å². The maximum absolute atomic E-state index is 11.7. The van der Waals surface area contributed by atoms with Crippen molar-refractivity contribution >= 4 is 0 Å². The molecule has 0 spiro atoms. The van der Waals surface area contributed by atoms with Crippen LogP contribution in [-0.2, 0) is 11.2 Å². The molecule has 0 aliphatic heterocycles. The summed E-state index contributed by atoms with van der Waals surface area (Å²) in [6.45, 7) is 3.68. The molecular weight excluding hydrogens is 208 g/mol. The molecule has 1 unspecified atom stereocenters. The van der Waals surface area contributed by atoms with Crippen LogP contribution in [0, 0.1) is 6.92 Å². The van der Waals surface area contributed by atoms with Crippen molar-refractivity contribution in [2.24, 2.45) is 0 Å². The van der Waals surface area contributed by atoms with Crippen LogP contribution in [0.15, 0.2) is 4.79 Å². The fraction of sp³-hybridized carbons (Fsp3) is 0.636. The minimum absolute atomic E-state index is 0.0492. The molecule has 1 aromatic heterocycles. The minimum Gasteiger partial charge on any atom is -0.396 e. The van der Waals surface area contributed by atoms with Gasteiger partial charge in [0.05, 0.1) is 0 Å². The van der Waals surface area contributed by atoms with Gasteiger partial charge in [-0.2, -0.15) is 0 Å². The van der Waals surface area contributed by atoms with E-state index in [0.717, 1.165) is 6.42 Å². The zero-order chi connectivity index (χ0) is 12.1. The van der Waals surface area contributed by atoms with Crippen molar-refractivity contribution in [2.75, 3.05) is 13.7 Å². The van der Waals surface area contributed by atoms with E-state index in [4.69, 9.17) is 9.84 Å². The molecule has 1 heterocycles. The Morgan fingerprint density at radius 1 is 1.56 bits per heavy atom. The minimum atomic E-state index is -0.188. The Balaban J connectivity index is 3.13. The number of aliphatic hydroxyl groups is 1. The first-order valence-electron chi connectivity index (χ1n) is 5.37. The maximum Gasteiger partial charge on any atom is 0.254 e. The molecule has 5 nitrogen and oxygen atoms in total. The summed E-state index contributed by atoms with van der Waals surface area (Å²) in [6.07, 6.45) is 0.894. The van der Waals surface area contributed by atoms with Gasteiger partial charge in [-0.15, -0.1) is 0 Å². The highest BCUT2D eigenvalue weighted by Gasteiger charge is 2.14. The Kier molecular flexibility index (Phi) is 4.64. The van der Waals surface area contributed by atoms with Crippen molar-refractivity contribution < 1.29 is 9.84 Å². The summed E-state index contributed by atoms with van der Waals surface area (Å²) >= 11 is 0. The standard InChI is InChI=1S/C11H18N2O3/c1-4-9(16-3)10-12-7(2)8(5-6-14)11(15)13-10/h9,14H,4-6H2,1-3H3,(H,12,13,15). The van der Waals surface area contributed by atoms with Gasteiger partial charge in [-0.1, -0.05) is 6.92 Å². The van der Waals surface area contributed by atoms with Gasteiger partial charge in [0.15, 0.2) is 0 Å². The van der Waals surface area contributed by atoms with E-state index >= 15 is 0 Å². The first-order chi connectivity index (χ1) is 7.63. The molecule has 1 atom stereocenters. The van der Waals surface area contributed by atoms with Gasteiger partial charge in [0.25, 0.3) is 5.56 Å². The predicted molar refractivity (Wildman–Crippen MR) is 60.4 cm³/mol. The number of nitrogens with one attached hydrogen (secondary N) is 1. The molecule has 0 saturated carbocycles. The van der Waals surface area contributed by atoms with E-state index in [-0.39, 0.29) is 18.3 Å². The SMILES string of the molecule is CCC(OC)c1nc(C)c(CCO)c(=O)[nH]1. The van der Waals surface area contributed by atoms with Gasteiger partial charge in [0.1, 0.15) is 11.9 Å². The molecule has 0 amide bonds. The molecule has 0 aliphatic rings. The van der Waals surface area contributed by atoms with Crippen molar-refractivity contribution in [3.63, 3.8) is 0 Å². The molecule has 90 valence electrons. The van der Waals surface area contributed by atoms with E-state index in [1.165, 1.54) is 0 Å². The summed E-state index contributed by atoms with van der Waals surface area (Å²) in [7, 11) is 1.59. The number of methoxy groups -OCH3 is 1. The van der Waals surface area contributed by atoms with Crippen molar-refractivity contribution in [1.29, 1.82) is 0 Å². The van der Waals surface area contributed by atoms with Crippen molar-refractivity contribution in [2.45, 2.75) is 32.8 Å². The lowest BCUT2D eigenvalue weighted by Crippen LogP contribution is -2.22. The van der Waals surface area contributed by atoms with Crippen LogP contribution in [0.5, 0.6) is 0 Å². The van der Waals surface area contributed by atoms with Gasteiger partial charge in [-0.25, -0.2) is 4.98 Å². The lowest BCUT2D eigenvalue weighted by atomic mass is 10.1. The molecular formula is C11H18N2O3. The molecule has 0 aromatic carbocycles. The number of H-pyrrole nitrogens is 1. The molecule has 1 rings (SSSR count). The molecule has 0 radical (unpaired) electrons. The predicted octanol–water partition coefficient (Wildman–Crippen LogP) is 0.711. The summed E-state index contributed by atoms with van der Waals surface area (Å²) in [5, 5.41) is 8.83. The van der Waals surface area contributed by atoms with Crippen LogP contribution in [0.4, 0.5) is 0 Å². The third-order valence-electron chi connectivity index (χ3n) is 2.56. The van der Waals surface area contributed by atoms with E-state index in [2.05, 4.69) is 9.97 Å². The fourth-order valence-corrected chi connectivity index (χ4v) is 1.66. The summed E-state index contributed by atoms with van der Waals surface area (Å²) in [5.41, 5.74) is 1.01. The van der Waals surface area contributed by atoms with Gasteiger partial charge in [-0.05, 0) is 13.3 Å². The Morgan fingerprint density at radius 3 is 2.69 bits per heavy atom. The van der Waals surface area contributed by atoms with Crippen LogP contribution in [0.2, 0.25) is 0 Å². The Hall–Kier alpha value is -1.20. The Morgan fingerprint density at radius 2 is 2.25 bits per heavy atom. The number of aliphatic hydroxyl groups excluding tert-OH is 1. The van der Waals surface area contributed by atoms with Gasteiger partial charge in [0, 0.05) is 31.4 Å². The molecule has 0 saturated heterocycles. The number of aryl methyl sites for hydroxylation is 1. The summed E-state index contributed by atoms with van der Waals surface area (Å²) in [6, 6.07) is 0. The Bertz CT molecular complexity index is 397. The highest BCUT2D eigenvalue weighted by Crippen LogP contribution is 2.15.